The van der Waals surface area contributed by atoms with E-state index in [0.717, 1.165) is 5.75 Å². The summed E-state index contributed by atoms with van der Waals surface area (Å²) in [6, 6.07) is 7.51. The summed E-state index contributed by atoms with van der Waals surface area (Å²) in [5.74, 6) is 1.37. The predicted molar refractivity (Wildman–Crippen MR) is 72.1 cm³/mol. The molecule has 0 unspecified atom stereocenters. The molecular formula is C14H21NO4. The molecule has 1 aromatic rings. The molecule has 0 aliphatic carbocycles. The quantitative estimate of drug-likeness (QED) is 0.535. The molecule has 0 fully saturated rings. The van der Waals surface area contributed by atoms with Gasteiger partial charge in [-0.25, -0.2) is 5.06 Å². The van der Waals surface area contributed by atoms with Crippen molar-refractivity contribution in [1.82, 2.24) is 5.06 Å². The van der Waals surface area contributed by atoms with E-state index < -0.39 is 0 Å². The molecule has 1 amide bonds. The van der Waals surface area contributed by atoms with Gasteiger partial charge in [0.1, 0.15) is 0 Å². The molecule has 0 heterocycles. The van der Waals surface area contributed by atoms with Gasteiger partial charge in [0.25, 0.3) is 0 Å². The fourth-order valence-electron chi connectivity index (χ4n) is 1.51. The summed E-state index contributed by atoms with van der Waals surface area (Å²) in [6.45, 7) is 2.99. The van der Waals surface area contributed by atoms with Gasteiger partial charge in [0.15, 0.2) is 11.5 Å². The molecule has 19 heavy (non-hydrogen) atoms. The molecule has 0 aromatic heterocycles. The summed E-state index contributed by atoms with van der Waals surface area (Å²) < 4.78 is 11.1. The maximum atomic E-state index is 11.5. The fraction of sp³-hybridized carbons (Fsp3) is 0.500. The first-order chi connectivity index (χ1) is 9.19. The highest BCUT2D eigenvalue weighted by molar-refractivity contribution is 5.74. The average Bonchev–Trinajstić information content (AvgIpc) is 2.44. The zero-order chi connectivity index (χ0) is 14.1. The van der Waals surface area contributed by atoms with E-state index in [9.17, 15) is 4.79 Å². The molecule has 1 rings (SSSR count). The van der Waals surface area contributed by atoms with Crippen LogP contribution in [-0.4, -0.2) is 38.3 Å². The monoisotopic (exact) mass is 267 g/mol. The van der Waals surface area contributed by atoms with Crippen molar-refractivity contribution in [2.45, 2.75) is 19.8 Å². The Bertz CT molecular complexity index is 395. The number of hydroxylamine groups is 2. The van der Waals surface area contributed by atoms with Crippen LogP contribution in [0.1, 0.15) is 19.8 Å². The third kappa shape index (κ3) is 5.18. The molecule has 5 heteroatoms. The Balaban J connectivity index is 2.35. The van der Waals surface area contributed by atoms with Gasteiger partial charge in [0.2, 0.25) is 5.91 Å². The molecule has 0 spiro atoms. The van der Waals surface area contributed by atoms with Gasteiger partial charge in [-0.3, -0.25) is 9.63 Å². The Morgan fingerprint density at radius 3 is 2.42 bits per heavy atom. The molecule has 0 aliphatic heterocycles. The number of rotatable bonds is 8. The average molecular weight is 267 g/mol. The van der Waals surface area contributed by atoms with Crippen molar-refractivity contribution in [3.63, 3.8) is 0 Å². The van der Waals surface area contributed by atoms with Gasteiger partial charge in [-0.05, 0) is 25.5 Å². The minimum Gasteiger partial charge on any atom is -0.490 e. The maximum Gasteiger partial charge on any atom is 0.245 e. The lowest BCUT2D eigenvalue weighted by atomic mass is 10.3. The van der Waals surface area contributed by atoms with Crippen molar-refractivity contribution < 1.29 is 19.1 Å². The maximum absolute atomic E-state index is 11.5. The van der Waals surface area contributed by atoms with Gasteiger partial charge in [-0.15, -0.1) is 0 Å². The number of amides is 1. The van der Waals surface area contributed by atoms with Gasteiger partial charge in [-0.2, -0.15) is 0 Å². The van der Waals surface area contributed by atoms with Crippen LogP contribution < -0.4 is 9.47 Å². The van der Waals surface area contributed by atoms with Crippen molar-refractivity contribution in [2.75, 3.05) is 27.4 Å². The molecule has 0 atom stereocenters. The summed E-state index contributed by atoms with van der Waals surface area (Å²) >= 11 is 0. The minimum atomic E-state index is -0.0656. The van der Waals surface area contributed by atoms with Crippen molar-refractivity contribution in [3.05, 3.63) is 24.3 Å². The van der Waals surface area contributed by atoms with Crippen LogP contribution in [0.3, 0.4) is 0 Å². The number of carbonyl (C=O) groups is 1. The Hall–Kier alpha value is -1.75. The Morgan fingerprint density at radius 1 is 1.21 bits per heavy atom. The first-order valence-corrected chi connectivity index (χ1v) is 6.34. The summed E-state index contributed by atoms with van der Waals surface area (Å²) in [7, 11) is 3.06. The Kier molecular flexibility index (Phi) is 6.74. The Labute approximate surface area is 114 Å². The molecule has 106 valence electrons. The highest BCUT2D eigenvalue weighted by Gasteiger charge is 2.08. The first-order valence-electron chi connectivity index (χ1n) is 6.34. The van der Waals surface area contributed by atoms with Gasteiger partial charge >= 0.3 is 0 Å². The van der Waals surface area contributed by atoms with Crippen LogP contribution in [0.5, 0.6) is 11.5 Å². The van der Waals surface area contributed by atoms with Crippen molar-refractivity contribution in [3.8, 4) is 11.5 Å². The van der Waals surface area contributed by atoms with E-state index in [0.29, 0.717) is 31.8 Å². The molecule has 0 saturated carbocycles. The molecular weight excluding hydrogens is 246 g/mol. The number of hydrogen-bond acceptors (Lipinski definition) is 4. The molecule has 0 saturated heterocycles. The highest BCUT2D eigenvalue weighted by atomic mass is 16.7. The van der Waals surface area contributed by atoms with Gasteiger partial charge in [0, 0.05) is 13.5 Å². The van der Waals surface area contributed by atoms with E-state index >= 15 is 0 Å². The zero-order valence-corrected chi connectivity index (χ0v) is 11.7. The largest absolute Gasteiger partial charge is 0.490 e. The van der Waals surface area contributed by atoms with Crippen LogP contribution in [0.25, 0.3) is 0 Å². The third-order valence-corrected chi connectivity index (χ3v) is 2.57. The van der Waals surface area contributed by atoms with Crippen LogP contribution in [-0.2, 0) is 9.63 Å². The molecule has 0 bridgehead atoms. The van der Waals surface area contributed by atoms with Crippen LogP contribution >= 0.6 is 0 Å². The van der Waals surface area contributed by atoms with E-state index in [2.05, 4.69) is 0 Å². The molecule has 0 aliphatic rings. The van der Waals surface area contributed by atoms with Gasteiger partial charge < -0.3 is 9.47 Å². The summed E-state index contributed by atoms with van der Waals surface area (Å²) in [4.78, 5) is 16.3. The number of hydrogen-bond donors (Lipinski definition) is 0. The van der Waals surface area contributed by atoms with Crippen LogP contribution in [0, 0.1) is 0 Å². The van der Waals surface area contributed by atoms with Gasteiger partial charge in [-0.1, -0.05) is 12.1 Å². The van der Waals surface area contributed by atoms with Crippen LogP contribution in [0.2, 0.25) is 0 Å². The highest BCUT2D eigenvalue weighted by Crippen LogP contribution is 2.26. The normalized spacial score (nSPS) is 10.1. The van der Waals surface area contributed by atoms with E-state index in [-0.39, 0.29) is 5.91 Å². The number of nitrogens with zero attached hydrogens (tertiary/aromatic N) is 1. The van der Waals surface area contributed by atoms with E-state index in [1.165, 1.54) is 12.2 Å². The molecule has 1 aromatic carbocycles. The zero-order valence-electron chi connectivity index (χ0n) is 11.7. The second-order valence-corrected chi connectivity index (χ2v) is 3.91. The predicted octanol–water partition coefficient (Wildman–Crippen LogP) is 2.26. The number of carbonyl (C=O) groups excluding carboxylic acids is 1. The van der Waals surface area contributed by atoms with Crippen molar-refractivity contribution in [2.24, 2.45) is 0 Å². The second-order valence-electron chi connectivity index (χ2n) is 3.91. The standard InChI is InChI=1S/C14H21NO4/c1-4-18-12-8-5-6-9-13(12)19-11-7-10-14(16)15(2)17-3/h5-6,8-9H,4,7,10-11H2,1-3H3. The lowest BCUT2D eigenvalue weighted by molar-refractivity contribution is -0.168. The van der Waals surface area contributed by atoms with Crippen molar-refractivity contribution >= 4 is 5.91 Å². The fourth-order valence-corrected chi connectivity index (χ4v) is 1.51. The molecule has 0 N–H and O–H groups in total. The lowest BCUT2D eigenvalue weighted by Crippen LogP contribution is -2.25. The van der Waals surface area contributed by atoms with E-state index in [1.807, 2.05) is 31.2 Å². The number of para-hydroxylation sites is 2. The smallest absolute Gasteiger partial charge is 0.245 e. The molecule has 5 nitrogen and oxygen atoms in total. The topological polar surface area (TPSA) is 48.0 Å². The second kappa shape index (κ2) is 8.37. The van der Waals surface area contributed by atoms with E-state index in [4.69, 9.17) is 14.3 Å². The summed E-state index contributed by atoms with van der Waals surface area (Å²) in [6.07, 6.45) is 1.02. The van der Waals surface area contributed by atoms with E-state index in [1.54, 1.807) is 7.05 Å². The molecule has 0 radical (unpaired) electrons. The third-order valence-electron chi connectivity index (χ3n) is 2.57. The SMILES string of the molecule is CCOc1ccccc1OCCCC(=O)N(C)OC. The van der Waals surface area contributed by atoms with Gasteiger partial charge in [0.05, 0.1) is 20.3 Å². The number of ether oxygens (including phenoxy) is 2. The van der Waals surface area contributed by atoms with Crippen LogP contribution in [0.4, 0.5) is 0 Å². The summed E-state index contributed by atoms with van der Waals surface area (Å²) in [5.41, 5.74) is 0. The lowest BCUT2D eigenvalue weighted by Gasteiger charge is -2.14. The minimum absolute atomic E-state index is 0.0656. The number of benzene rings is 1. The van der Waals surface area contributed by atoms with Crippen LogP contribution in [0.15, 0.2) is 24.3 Å². The summed E-state index contributed by atoms with van der Waals surface area (Å²) in [5, 5.41) is 1.22. The van der Waals surface area contributed by atoms with Crippen molar-refractivity contribution in [1.29, 1.82) is 0 Å². The first kappa shape index (κ1) is 15.3. The Morgan fingerprint density at radius 2 is 1.84 bits per heavy atom.